The van der Waals surface area contributed by atoms with Crippen molar-refractivity contribution in [2.45, 2.75) is 38.5 Å². The molecule has 0 aromatic heterocycles. The van der Waals surface area contributed by atoms with E-state index in [0.29, 0.717) is 24.1 Å². The lowest BCUT2D eigenvalue weighted by Crippen LogP contribution is -2.51. The molecule has 1 saturated heterocycles. The minimum absolute atomic E-state index is 0.0371. The van der Waals surface area contributed by atoms with Crippen LogP contribution >= 0.6 is 0 Å². The van der Waals surface area contributed by atoms with Gasteiger partial charge in [-0.15, -0.1) is 0 Å². The summed E-state index contributed by atoms with van der Waals surface area (Å²) in [6.45, 7) is 3.57. The number of fused-ring (bicyclic) bond motifs is 1. The topological polar surface area (TPSA) is 72.9 Å². The molecule has 4 saturated carbocycles. The highest BCUT2D eigenvalue weighted by molar-refractivity contribution is 6.11. The number of piperazine rings is 1. The van der Waals surface area contributed by atoms with Crippen LogP contribution in [0.15, 0.2) is 84.9 Å². The van der Waals surface area contributed by atoms with Crippen LogP contribution in [0.5, 0.6) is 5.75 Å². The molecule has 1 aliphatic heterocycles. The van der Waals surface area contributed by atoms with E-state index in [2.05, 4.69) is 10.2 Å². The van der Waals surface area contributed by atoms with E-state index in [-0.39, 0.29) is 17.6 Å². The molecule has 4 aliphatic carbocycles. The highest BCUT2D eigenvalue weighted by Gasteiger charge is 2.50. The predicted octanol–water partition coefficient (Wildman–Crippen LogP) is 7.12. The van der Waals surface area contributed by atoms with E-state index in [1.165, 1.54) is 38.5 Å². The highest BCUT2D eigenvalue weighted by Crippen LogP contribution is 2.59. The molecular weight excluding hydrogens is 558 g/mol. The fraction of sp³-hybridized carbons (Fsp3) is 0.385. The van der Waals surface area contributed by atoms with Crippen LogP contribution in [0.3, 0.4) is 0 Å². The molecule has 0 spiro atoms. The van der Waals surface area contributed by atoms with Gasteiger partial charge in [0.1, 0.15) is 5.75 Å². The Kier molecular flexibility index (Phi) is 7.04. The number of carbonyl (C=O) groups is 2. The zero-order chi connectivity index (χ0) is 30.5. The molecule has 0 unspecified atom stereocenters. The Bertz CT molecular complexity index is 1720. The van der Waals surface area contributed by atoms with E-state index in [9.17, 15) is 14.7 Å². The van der Waals surface area contributed by atoms with E-state index in [0.717, 1.165) is 70.5 Å². The number of amides is 2. The second-order valence-electron chi connectivity index (χ2n) is 14.2. The van der Waals surface area contributed by atoms with Crippen molar-refractivity contribution in [1.82, 2.24) is 10.2 Å². The minimum atomic E-state index is 0.0371. The van der Waals surface area contributed by atoms with E-state index in [1.807, 2.05) is 77.7 Å². The van der Waals surface area contributed by atoms with Gasteiger partial charge in [-0.1, -0.05) is 42.5 Å². The van der Waals surface area contributed by atoms with E-state index in [4.69, 9.17) is 0 Å². The number of phenols is 1. The Hall–Kier alpha value is -4.32. The fourth-order valence-corrected chi connectivity index (χ4v) is 9.45. The third-order valence-electron chi connectivity index (χ3n) is 11.2. The van der Waals surface area contributed by atoms with Crippen molar-refractivity contribution in [2.75, 3.05) is 37.6 Å². The number of aromatic hydroxyl groups is 1. The van der Waals surface area contributed by atoms with Crippen LogP contribution in [0.25, 0.3) is 21.9 Å². The van der Waals surface area contributed by atoms with Gasteiger partial charge in [-0.2, -0.15) is 0 Å². The van der Waals surface area contributed by atoms with Crippen LogP contribution in [0.4, 0.5) is 5.69 Å². The first-order valence-corrected chi connectivity index (χ1v) is 16.7. The van der Waals surface area contributed by atoms with Gasteiger partial charge in [-0.25, -0.2) is 0 Å². The number of benzene rings is 4. The molecule has 1 heterocycles. The number of carbonyl (C=O) groups excluding carboxylic acids is 2. The monoisotopic (exact) mass is 599 g/mol. The molecule has 6 nitrogen and oxygen atoms in total. The summed E-state index contributed by atoms with van der Waals surface area (Å²) < 4.78 is 0. The molecular formula is C39H41N3O3. The summed E-state index contributed by atoms with van der Waals surface area (Å²) in [5.74, 6) is 2.96. The predicted molar refractivity (Wildman–Crippen MR) is 179 cm³/mol. The van der Waals surface area contributed by atoms with E-state index in [1.54, 1.807) is 12.1 Å². The van der Waals surface area contributed by atoms with Crippen molar-refractivity contribution in [2.24, 2.45) is 23.2 Å². The number of anilines is 1. The number of nitrogens with one attached hydrogen (secondary N) is 1. The molecule has 5 fully saturated rings. The van der Waals surface area contributed by atoms with Crippen molar-refractivity contribution in [3.05, 3.63) is 96.1 Å². The van der Waals surface area contributed by atoms with Gasteiger partial charge >= 0.3 is 0 Å². The Labute approximate surface area is 265 Å². The Morgan fingerprint density at radius 2 is 1.42 bits per heavy atom. The van der Waals surface area contributed by atoms with Crippen LogP contribution in [-0.4, -0.2) is 54.5 Å². The van der Waals surface area contributed by atoms with Gasteiger partial charge in [-0.05, 0) is 126 Å². The fourth-order valence-electron chi connectivity index (χ4n) is 9.45. The summed E-state index contributed by atoms with van der Waals surface area (Å²) in [6, 6.07) is 27.1. The van der Waals surface area contributed by atoms with Crippen molar-refractivity contribution < 1.29 is 14.7 Å². The van der Waals surface area contributed by atoms with Gasteiger partial charge < -0.3 is 20.2 Å². The minimum Gasteiger partial charge on any atom is -0.508 e. The number of nitrogens with zero attached hydrogens (tertiary/aromatic N) is 2. The summed E-state index contributed by atoms with van der Waals surface area (Å²) in [4.78, 5) is 31.1. The summed E-state index contributed by atoms with van der Waals surface area (Å²) in [7, 11) is 0. The lowest BCUT2D eigenvalue weighted by atomic mass is 9.49. The zero-order valence-electron chi connectivity index (χ0n) is 25.8. The average Bonchev–Trinajstić information content (AvgIpc) is 3.06. The molecule has 4 aromatic rings. The summed E-state index contributed by atoms with van der Waals surface area (Å²) in [6.07, 6.45) is 8.15. The second kappa shape index (κ2) is 11.2. The molecule has 0 atom stereocenters. The molecule has 4 bridgehead atoms. The quantitative estimate of drug-likeness (QED) is 0.248. The zero-order valence-corrected chi connectivity index (χ0v) is 25.8. The van der Waals surface area contributed by atoms with Gasteiger partial charge in [-0.3, -0.25) is 9.59 Å². The summed E-state index contributed by atoms with van der Waals surface area (Å²) in [5.41, 5.74) is 4.75. The highest BCUT2D eigenvalue weighted by atomic mass is 16.3. The Balaban J connectivity index is 0.900. The largest absolute Gasteiger partial charge is 0.508 e. The van der Waals surface area contributed by atoms with Crippen LogP contribution in [-0.2, 0) is 0 Å². The molecule has 2 N–H and O–H groups in total. The lowest BCUT2D eigenvalue weighted by molar-refractivity contribution is -0.0503. The number of hydrogen-bond donors (Lipinski definition) is 2. The van der Waals surface area contributed by atoms with E-state index >= 15 is 0 Å². The molecule has 6 heteroatoms. The van der Waals surface area contributed by atoms with Gasteiger partial charge in [0.05, 0.1) is 0 Å². The Morgan fingerprint density at radius 3 is 2.09 bits per heavy atom. The maximum Gasteiger partial charge on any atom is 0.254 e. The van der Waals surface area contributed by atoms with Crippen molar-refractivity contribution >= 4 is 28.3 Å². The van der Waals surface area contributed by atoms with Crippen LogP contribution in [0, 0.1) is 23.2 Å². The van der Waals surface area contributed by atoms with Gasteiger partial charge in [0, 0.05) is 49.5 Å². The first-order chi connectivity index (χ1) is 21.9. The van der Waals surface area contributed by atoms with Crippen molar-refractivity contribution in [1.29, 1.82) is 0 Å². The second-order valence-corrected chi connectivity index (χ2v) is 14.2. The first-order valence-electron chi connectivity index (χ1n) is 16.7. The van der Waals surface area contributed by atoms with Crippen LogP contribution in [0.2, 0.25) is 0 Å². The van der Waals surface area contributed by atoms with Gasteiger partial charge in [0.15, 0.2) is 0 Å². The van der Waals surface area contributed by atoms with Crippen LogP contribution < -0.4 is 10.2 Å². The van der Waals surface area contributed by atoms with Crippen molar-refractivity contribution in [3.63, 3.8) is 0 Å². The molecule has 5 aliphatic rings. The standard InChI is InChI=1S/C39H41N3O3/c43-32-5-3-4-30(21-32)33-12-13-36(35-7-2-1-6-34(33)35)38(45)42-16-14-41(15-17-42)31-10-8-29(9-11-31)37(44)40-25-39-22-26-18-27(23-39)20-28(19-26)24-39/h1-13,21,26-28,43H,14-20,22-25H2,(H,40,44). The third-order valence-corrected chi connectivity index (χ3v) is 11.2. The SMILES string of the molecule is O=C(NCC12CC3CC(CC(C3)C1)C2)c1ccc(N2CCN(C(=O)c3ccc(-c4cccc(O)c4)c4ccccc34)CC2)cc1. The average molecular weight is 600 g/mol. The molecule has 45 heavy (non-hydrogen) atoms. The van der Waals surface area contributed by atoms with Crippen molar-refractivity contribution in [3.8, 4) is 16.9 Å². The summed E-state index contributed by atoms with van der Waals surface area (Å²) >= 11 is 0. The maximum absolute atomic E-state index is 13.8. The molecule has 9 rings (SSSR count). The van der Waals surface area contributed by atoms with Gasteiger partial charge in [0.2, 0.25) is 0 Å². The smallest absolute Gasteiger partial charge is 0.254 e. The molecule has 4 aromatic carbocycles. The molecule has 2 amide bonds. The summed E-state index contributed by atoms with van der Waals surface area (Å²) in [5, 5.41) is 15.2. The molecule has 230 valence electrons. The maximum atomic E-state index is 13.8. The van der Waals surface area contributed by atoms with Crippen LogP contribution in [0.1, 0.15) is 59.2 Å². The lowest BCUT2D eigenvalue weighted by Gasteiger charge is -2.56. The molecule has 0 radical (unpaired) electrons. The number of phenolic OH excluding ortho intramolecular Hbond substituents is 1. The van der Waals surface area contributed by atoms with Gasteiger partial charge in [0.25, 0.3) is 11.8 Å². The normalized spacial score (nSPS) is 25.5. The first kappa shape index (κ1) is 28.2. The third kappa shape index (κ3) is 5.34. The Morgan fingerprint density at radius 1 is 0.756 bits per heavy atom. The number of rotatable bonds is 6. The number of hydrogen-bond acceptors (Lipinski definition) is 4. The van der Waals surface area contributed by atoms with E-state index < -0.39 is 0 Å².